The SMILES string of the molecule is CCS(=O)CCNC(=O)c1cc(F)ccc1C#CCCO. The number of carbonyl (C=O) groups excluding carboxylic acids is 1. The van der Waals surface area contributed by atoms with Gasteiger partial charge in [-0.25, -0.2) is 4.39 Å². The predicted molar refractivity (Wildman–Crippen MR) is 80.9 cm³/mol. The lowest BCUT2D eigenvalue weighted by atomic mass is 10.1. The van der Waals surface area contributed by atoms with E-state index in [9.17, 15) is 13.4 Å². The van der Waals surface area contributed by atoms with Crippen LogP contribution in [0.4, 0.5) is 4.39 Å². The lowest BCUT2D eigenvalue weighted by molar-refractivity contribution is 0.0955. The number of halogens is 1. The highest BCUT2D eigenvalue weighted by Gasteiger charge is 2.11. The summed E-state index contributed by atoms with van der Waals surface area (Å²) in [7, 11) is -0.960. The molecule has 1 amide bonds. The van der Waals surface area contributed by atoms with Gasteiger partial charge in [0.25, 0.3) is 5.91 Å². The number of benzene rings is 1. The fourth-order valence-corrected chi connectivity index (χ4v) is 2.16. The average Bonchev–Trinajstić information content (AvgIpc) is 2.48. The lowest BCUT2D eigenvalue weighted by Crippen LogP contribution is -2.28. The van der Waals surface area contributed by atoms with Crippen molar-refractivity contribution in [2.24, 2.45) is 0 Å². The molecule has 1 aromatic rings. The maximum Gasteiger partial charge on any atom is 0.252 e. The van der Waals surface area contributed by atoms with Crippen LogP contribution in [0, 0.1) is 17.7 Å². The first-order valence-corrected chi connectivity index (χ1v) is 8.09. The van der Waals surface area contributed by atoms with Gasteiger partial charge in [-0.2, -0.15) is 0 Å². The van der Waals surface area contributed by atoms with E-state index in [0.717, 1.165) is 6.07 Å². The number of amides is 1. The molecule has 0 saturated heterocycles. The standard InChI is InChI=1S/C15H18FNO3S/c1-2-21(20)10-8-17-15(19)14-11-13(16)7-6-12(14)5-3-4-9-18/h6-7,11,18H,2,4,8-10H2,1H3,(H,17,19). The normalized spacial score (nSPS) is 11.4. The van der Waals surface area contributed by atoms with Gasteiger partial charge in [0.2, 0.25) is 0 Å². The van der Waals surface area contributed by atoms with E-state index >= 15 is 0 Å². The number of carbonyl (C=O) groups is 1. The van der Waals surface area contributed by atoms with Crippen molar-refractivity contribution in [2.75, 3.05) is 24.7 Å². The smallest absolute Gasteiger partial charge is 0.252 e. The van der Waals surface area contributed by atoms with Crippen molar-refractivity contribution in [1.29, 1.82) is 0 Å². The molecule has 0 aromatic heterocycles. The first kappa shape index (κ1) is 17.3. The van der Waals surface area contributed by atoms with Crippen molar-refractivity contribution < 1.29 is 18.5 Å². The van der Waals surface area contributed by atoms with Crippen molar-refractivity contribution in [1.82, 2.24) is 5.32 Å². The molecular weight excluding hydrogens is 293 g/mol. The third-order valence-corrected chi connectivity index (χ3v) is 3.93. The summed E-state index contributed by atoms with van der Waals surface area (Å²) in [5.74, 6) is 5.36. The van der Waals surface area contributed by atoms with Crippen LogP contribution in [0.15, 0.2) is 18.2 Å². The highest BCUT2D eigenvalue weighted by Crippen LogP contribution is 2.10. The molecule has 1 rings (SSSR count). The molecule has 2 N–H and O–H groups in total. The summed E-state index contributed by atoms with van der Waals surface area (Å²) < 4.78 is 24.6. The van der Waals surface area contributed by atoms with E-state index in [2.05, 4.69) is 17.2 Å². The second-order valence-electron chi connectivity index (χ2n) is 4.15. The Morgan fingerprint density at radius 3 is 2.90 bits per heavy atom. The van der Waals surface area contributed by atoms with Gasteiger partial charge in [0, 0.05) is 40.8 Å². The van der Waals surface area contributed by atoms with Crippen LogP contribution < -0.4 is 5.32 Å². The fraction of sp³-hybridized carbons (Fsp3) is 0.400. The zero-order valence-corrected chi connectivity index (χ0v) is 12.6. The molecule has 0 spiro atoms. The second kappa shape index (κ2) is 9.27. The van der Waals surface area contributed by atoms with E-state index < -0.39 is 22.5 Å². The molecule has 0 heterocycles. The summed E-state index contributed by atoms with van der Waals surface area (Å²) >= 11 is 0. The summed E-state index contributed by atoms with van der Waals surface area (Å²) in [6.45, 7) is 2.00. The van der Waals surface area contributed by atoms with Gasteiger partial charge in [-0.1, -0.05) is 18.8 Å². The molecule has 0 aliphatic rings. The van der Waals surface area contributed by atoms with Gasteiger partial charge in [0.05, 0.1) is 12.2 Å². The van der Waals surface area contributed by atoms with Crippen LogP contribution in [-0.2, 0) is 10.8 Å². The summed E-state index contributed by atoms with van der Waals surface area (Å²) in [6, 6.07) is 3.78. The quantitative estimate of drug-likeness (QED) is 0.772. The second-order valence-corrected chi connectivity index (χ2v) is 6.02. The molecular formula is C15H18FNO3S. The Morgan fingerprint density at radius 1 is 1.48 bits per heavy atom. The molecule has 1 unspecified atom stereocenters. The average molecular weight is 311 g/mol. The summed E-state index contributed by atoms with van der Waals surface area (Å²) in [5.41, 5.74) is 0.543. The van der Waals surface area contributed by atoms with Crippen molar-refractivity contribution >= 4 is 16.7 Å². The van der Waals surface area contributed by atoms with E-state index in [-0.39, 0.29) is 25.1 Å². The van der Waals surface area contributed by atoms with Gasteiger partial charge < -0.3 is 10.4 Å². The maximum atomic E-state index is 13.3. The number of aliphatic hydroxyl groups is 1. The lowest BCUT2D eigenvalue weighted by Gasteiger charge is -2.07. The van der Waals surface area contributed by atoms with Crippen molar-refractivity contribution in [3.63, 3.8) is 0 Å². The van der Waals surface area contributed by atoms with Gasteiger partial charge in [-0.15, -0.1) is 0 Å². The van der Waals surface area contributed by atoms with Gasteiger partial charge in [0.1, 0.15) is 5.82 Å². The highest BCUT2D eigenvalue weighted by molar-refractivity contribution is 7.84. The Hall–Kier alpha value is -1.71. The van der Waals surface area contributed by atoms with Crippen LogP contribution >= 0.6 is 0 Å². The van der Waals surface area contributed by atoms with Crippen molar-refractivity contribution in [3.05, 3.63) is 35.1 Å². The Kier molecular flexibility index (Phi) is 7.65. The Morgan fingerprint density at radius 2 is 2.24 bits per heavy atom. The van der Waals surface area contributed by atoms with Crippen LogP contribution in [0.5, 0.6) is 0 Å². The third kappa shape index (κ3) is 6.06. The molecule has 0 fully saturated rings. The fourth-order valence-electron chi connectivity index (χ4n) is 1.54. The molecule has 0 aliphatic heterocycles. The molecule has 4 nitrogen and oxygen atoms in total. The molecule has 1 atom stereocenters. The van der Waals surface area contributed by atoms with Gasteiger partial charge in [0.15, 0.2) is 0 Å². The van der Waals surface area contributed by atoms with Crippen molar-refractivity contribution in [2.45, 2.75) is 13.3 Å². The summed E-state index contributed by atoms with van der Waals surface area (Å²) in [5, 5.41) is 11.3. The number of nitrogens with one attached hydrogen (secondary N) is 1. The van der Waals surface area contributed by atoms with E-state index in [1.807, 2.05) is 0 Å². The molecule has 21 heavy (non-hydrogen) atoms. The Labute approximate surface area is 126 Å². The minimum atomic E-state index is -0.960. The molecule has 1 aromatic carbocycles. The van der Waals surface area contributed by atoms with E-state index in [0.29, 0.717) is 17.1 Å². The maximum absolute atomic E-state index is 13.3. The van der Waals surface area contributed by atoms with Crippen LogP contribution in [0.1, 0.15) is 29.3 Å². The molecule has 0 aliphatic carbocycles. The monoisotopic (exact) mass is 311 g/mol. The molecule has 114 valence electrons. The number of rotatable bonds is 6. The topological polar surface area (TPSA) is 66.4 Å². The largest absolute Gasteiger partial charge is 0.395 e. The van der Waals surface area contributed by atoms with Crippen LogP contribution in [0.2, 0.25) is 0 Å². The first-order valence-electron chi connectivity index (χ1n) is 6.61. The predicted octanol–water partition coefficient (Wildman–Crippen LogP) is 1.06. The number of hydrogen-bond acceptors (Lipinski definition) is 3. The first-order chi connectivity index (χ1) is 10.1. The summed E-state index contributed by atoms with van der Waals surface area (Å²) in [4.78, 5) is 12.0. The van der Waals surface area contributed by atoms with Crippen LogP contribution in [0.3, 0.4) is 0 Å². The molecule has 0 bridgehead atoms. The minimum Gasteiger partial charge on any atom is -0.395 e. The molecule has 0 saturated carbocycles. The van der Waals surface area contributed by atoms with E-state index in [1.54, 1.807) is 6.92 Å². The summed E-state index contributed by atoms with van der Waals surface area (Å²) in [6.07, 6.45) is 0.286. The molecule has 6 heteroatoms. The van der Waals surface area contributed by atoms with Gasteiger partial charge >= 0.3 is 0 Å². The van der Waals surface area contributed by atoms with E-state index in [4.69, 9.17) is 5.11 Å². The molecule has 0 radical (unpaired) electrons. The third-order valence-electron chi connectivity index (χ3n) is 2.62. The van der Waals surface area contributed by atoms with Gasteiger partial charge in [-0.05, 0) is 18.2 Å². The Balaban J connectivity index is 2.80. The number of aliphatic hydroxyl groups excluding tert-OH is 1. The van der Waals surface area contributed by atoms with Crippen LogP contribution in [0.25, 0.3) is 0 Å². The van der Waals surface area contributed by atoms with E-state index in [1.165, 1.54) is 12.1 Å². The van der Waals surface area contributed by atoms with Crippen LogP contribution in [-0.4, -0.2) is 39.9 Å². The highest BCUT2D eigenvalue weighted by atomic mass is 32.2. The zero-order valence-electron chi connectivity index (χ0n) is 11.8. The Bertz CT molecular complexity index is 578. The number of hydrogen-bond donors (Lipinski definition) is 2. The van der Waals surface area contributed by atoms with Crippen molar-refractivity contribution in [3.8, 4) is 11.8 Å². The van der Waals surface area contributed by atoms with Gasteiger partial charge in [-0.3, -0.25) is 9.00 Å². The zero-order chi connectivity index (χ0) is 15.7. The minimum absolute atomic E-state index is 0.0709.